The number of carbonyl (C=O) groups is 1. The highest BCUT2D eigenvalue weighted by Crippen LogP contribution is 2.34. The SMILES string of the molecule is O=C(CSc1ccccc1)OCc1cc(=O)n2nc(C3CCCCC3)sc2n1. The molecule has 6 nitrogen and oxygen atoms in total. The van der Waals surface area contributed by atoms with Gasteiger partial charge in [-0.05, 0) is 25.0 Å². The zero-order valence-electron chi connectivity index (χ0n) is 15.4. The van der Waals surface area contributed by atoms with Gasteiger partial charge in [-0.25, -0.2) is 4.98 Å². The summed E-state index contributed by atoms with van der Waals surface area (Å²) >= 11 is 2.89. The predicted molar refractivity (Wildman–Crippen MR) is 110 cm³/mol. The predicted octanol–water partition coefficient (Wildman–Crippen LogP) is 4.03. The average Bonchev–Trinajstić information content (AvgIpc) is 3.17. The molecule has 1 aliphatic rings. The first-order valence-electron chi connectivity index (χ1n) is 9.42. The van der Waals surface area contributed by atoms with Crippen LogP contribution in [0.3, 0.4) is 0 Å². The molecule has 2 aromatic heterocycles. The molecular weight excluding hydrogens is 394 g/mol. The van der Waals surface area contributed by atoms with Gasteiger partial charge in [0.2, 0.25) is 4.96 Å². The van der Waals surface area contributed by atoms with Crippen LogP contribution in [0.1, 0.15) is 48.7 Å². The molecular formula is C20H21N3O3S2. The van der Waals surface area contributed by atoms with E-state index >= 15 is 0 Å². The van der Waals surface area contributed by atoms with Crippen molar-refractivity contribution in [2.75, 3.05) is 5.75 Å². The maximum absolute atomic E-state index is 12.4. The van der Waals surface area contributed by atoms with Gasteiger partial charge < -0.3 is 4.74 Å². The Morgan fingerprint density at radius 3 is 2.79 bits per heavy atom. The van der Waals surface area contributed by atoms with E-state index in [4.69, 9.17) is 4.74 Å². The first kappa shape index (κ1) is 19.1. The van der Waals surface area contributed by atoms with Crippen LogP contribution in [0.4, 0.5) is 0 Å². The summed E-state index contributed by atoms with van der Waals surface area (Å²) in [4.78, 5) is 30.4. The van der Waals surface area contributed by atoms with Crippen molar-refractivity contribution >= 4 is 34.0 Å². The van der Waals surface area contributed by atoms with E-state index in [0.29, 0.717) is 16.6 Å². The first-order valence-corrected chi connectivity index (χ1v) is 11.2. The van der Waals surface area contributed by atoms with Crippen LogP contribution in [-0.4, -0.2) is 26.3 Å². The lowest BCUT2D eigenvalue weighted by Crippen LogP contribution is -2.17. The number of nitrogens with zero attached hydrogens (tertiary/aromatic N) is 3. The molecule has 1 fully saturated rings. The number of ether oxygens (including phenoxy) is 1. The molecule has 0 spiro atoms. The summed E-state index contributed by atoms with van der Waals surface area (Å²) in [6.07, 6.45) is 5.95. The quantitative estimate of drug-likeness (QED) is 0.447. The molecule has 0 unspecified atom stereocenters. The van der Waals surface area contributed by atoms with Gasteiger partial charge in [-0.15, -0.1) is 11.8 Å². The van der Waals surface area contributed by atoms with Gasteiger partial charge in [0.05, 0.1) is 11.4 Å². The van der Waals surface area contributed by atoms with Crippen LogP contribution < -0.4 is 5.56 Å². The normalized spacial score (nSPS) is 15.0. The number of benzene rings is 1. The van der Waals surface area contributed by atoms with E-state index in [-0.39, 0.29) is 23.9 Å². The molecule has 1 saturated carbocycles. The topological polar surface area (TPSA) is 73.6 Å². The van der Waals surface area contributed by atoms with E-state index in [2.05, 4.69) is 10.1 Å². The minimum absolute atomic E-state index is 0.00339. The van der Waals surface area contributed by atoms with Crippen molar-refractivity contribution in [2.24, 2.45) is 0 Å². The third-order valence-electron chi connectivity index (χ3n) is 4.75. The molecule has 1 aromatic carbocycles. The second-order valence-electron chi connectivity index (χ2n) is 6.82. The fourth-order valence-corrected chi connectivity index (χ4v) is 5.12. The molecule has 4 rings (SSSR count). The number of thioether (sulfide) groups is 1. The highest BCUT2D eigenvalue weighted by molar-refractivity contribution is 8.00. The molecule has 2 heterocycles. The second kappa shape index (κ2) is 8.87. The standard InChI is InChI=1S/C20H21N3O3S2/c24-17-11-15(12-26-18(25)13-27-16-9-5-2-6-10-16)21-20-23(17)22-19(28-20)14-7-3-1-4-8-14/h2,5-6,9-11,14H,1,3-4,7-8,12-13H2. The molecule has 0 N–H and O–H groups in total. The smallest absolute Gasteiger partial charge is 0.316 e. The van der Waals surface area contributed by atoms with Crippen molar-refractivity contribution in [3.8, 4) is 0 Å². The molecule has 8 heteroatoms. The Labute approximate surface area is 171 Å². The Bertz CT molecular complexity index is 1010. The maximum atomic E-state index is 12.4. The van der Waals surface area contributed by atoms with Gasteiger partial charge in [0.1, 0.15) is 11.6 Å². The van der Waals surface area contributed by atoms with Crippen LogP contribution in [-0.2, 0) is 16.1 Å². The van der Waals surface area contributed by atoms with E-state index in [0.717, 1.165) is 22.7 Å². The number of hydrogen-bond acceptors (Lipinski definition) is 7. The van der Waals surface area contributed by atoms with E-state index < -0.39 is 0 Å². The molecule has 0 bridgehead atoms. The van der Waals surface area contributed by atoms with Crippen LogP contribution in [0.25, 0.3) is 4.96 Å². The fourth-order valence-electron chi connectivity index (χ4n) is 3.31. The van der Waals surface area contributed by atoms with Crippen LogP contribution in [0.5, 0.6) is 0 Å². The lowest BCUT2D eigenvalue weighted by Gasteiger charge is -2.18. The average molecular weight is 416 g/mol. The largest absolute Gasteiger partial charge is 0.459 e. The molecule has 28 heavy (non-hydrogen) atoms. The van der Waals surface area contributed by atoms with Crippen LogP contribution in [0, 0.1) is 0 Å². The second-order valence-corrected chi connectivity index (χ2v) is 8.85. The molecule has 3 aromatic rings. The number of fused-ring (bicyclic) bond motifs is 1. The van der Waals surface area contributed by atoms with Gasteiger partial charge in [0, 0.05) is 16.9 Å². The first-order chi connectivity index (χ1) is 13.7. The maximum Gasteiger partial charge on any atom is 0.316 e. The van der Waals surface area contributed by atoms with E-state index in [9.17, 15) is 9.59 Å². The number of rotatable bonds is 6. The Morgan fingerprint density at radius 2 is 2.00 bits per heavy atom. The van der Waals surface area contributed by atoms with Gasteiger partial charge in [-0.3, -0.25) is 9.59 Å². The fraction of sp³-hybridized carbons (Fsp3) is 0.400. The van der Waals surface area contributed by atoms with E-state index in [1.165, 1.54) is 52.9 Å². The summed E-state index contributed by atoms with van der Waals surface area (Å²) in [7, 11) is 0. The number of carbonyl (C=O) groups excluding carboxylic acids is 1. The minimum Gasteiger partial charge on any atom is -0.459 e. The van der Waals surface area contributed by atoms with Gasteiger partial charge in [-0.1, -0.05) is 48.8 Å². The summed E-state index contributed by atoms with van der Waals surface area (Å²) in [5, 5.41) is 5.47. The van der Waals surface area contributed by atoms with Crippen LogP contribution in [0.15, 0.2) is 46.1 Å². The van der Waals surface area contributed by atoms with Crippen molar-refractivity contribution in [1.82, 2.24) is 14.6 Å². The molecule has 146 valence electrons. The van der Waals surface area contributed by atoms with Crippen molar-refractivity contribution < 1.29 is 9.53 Å². The molecule has 0 atom stereocenters. The third kappa shape index (κ3) is 4.62. The Balaban J connectivity index is 1.39. The lowest BCUT2D eigenvalue weighted by atomic mass is 9.90. The monoisotopic (exact) mass is 415 g/mol. The van der Waals surface area contributed by atoms with Gasteiger partial charge in [0.15, 0.2) is 0 Å². The molecule has 0 aliphatic heterocycles. The minimum atomic E-state index is -0.331. The number of aromatic nitrogens is 3. The molecule has 0 radical (unpaired) electrons. The van der Waals surface area contributed by atoms with Gasteiger partial charge in [0.25, 0.3) is 5.56 Å². The zero-order chi connectivity index (χ0) is 19.3. The highest BCUT2D eigenvalue weighted by Gasteiger charge is 2.20. The molecule has 1 aliphatic carbocycles. The Hall–Kier alpha value is -2.19. The Morgan fingerprint density at radius 1 is 1.21 bits per heavy atom. The highest BCUT2D eigenvalue weighted by atomic mass is 32.2. The summed E-state index contributed by atoms with van der Waals surface area (Å²) < 4.78 is 6.66. The van der Waals surface area contributed by atoms with Crippen molar-refractivity contribution in [1.29, 1.82) is 0 Å². The van der Waals surface area contributed by atoms with Gasteiger partial charge in [-0.2, -0.15) is 9.61 Å². The summed E-state index contributed by atoms with van der Waals surface area (Å²) in [5.74, 6) is 0.316. The molecule has 0 amide bonds. The van der Waals surface area contributed by atoms with Crippen molar-refractivity contribution in [3.05, 3.63) is 57.5 Å². The summed E-state index contributed by atoms with van der Waals surface area (Å²) in [5.41, 5.74) is 0.231. The zero-order valence-corrected chi connectivity index (χ0v) is 17.0. The van der Waals surface area contributed by atoms with Gasteiger partial charge >= 0.3 is 5.97 Å². The summed E-state index contributed by atoms with van der Waals surface area (Å²) in [6, 6.07) is 11.1. The van der Waals surface area contributed by atoms with E-state index in [1.807, 2.05) is 30.3 Å². The molecule has 0 saturated heterocycles. The van der Waals surface area contributed by atoms with Crippen molar-refractivity contribution in [3.63, 3.8) is 0 Å². The third-order valence-corrected chi connectivity index (χ3v) is 6.81. The number of hydrogen-bond donors (Lipinski definition) is 0. The van der Waals surface area contributed by atoms with Crippen molar-refractivity contribution in [2.45, 2.75) is 49.5 Å². The Kier molecular flexibility index (Phi) is 6.07. The van der Waals surface area contributed by atoms with Crippen LogP contribution >= 0.6 is 23.1 Å². The number of esters is 1. The van der Waals surface area contributed by atoms with Crippen LogP contribution in [0.2, 0.25) is 0 Å². The van der Waals surface area contributed by atoms with E-state index in [1.54, 1.807) is 0 Å². The lowest BCUT2D eigenvalue weighted by molar-refractivity contribution is -0.141. The summed E-state index contributed by atoms with van der Waals surface area (Å²) in [6.45, 7) is -0.00339.